The van der Waals surface area contributed by atoms with E-state index in [1.165, 1.54) is 12.1 Å². The second-order valence-corrected chi connectivity index (χ2v) is 7.63. The van der Waals surface area contributed by atoms with Crippen LogP contribution in [0.4, 0.5) is 9.18 Å². The average molecular weight is 390 g/mol. The summed E-state index contributed by atoms with van der Waals surface area (Å²) >= 11 is 3.40. The number of amides is 1. The lowest BCUT2D eigenvalue weighted by atomic mass is 9.80. The number of benzene rings is 1. The number of hydrogen-bond donors (Lipinski definition) is 2. The molecule has 0 heterocycles. The second kappa shape index (κ2) is 8.11. The number of hydrogen-bond acceptors (Lipinski definition) is 3. The Kier molecular flexibility index (Phi) is 7.02. The molecule has 23 heavy (non-hydrogen) atoms. The molecule has 2 N–H and O–H groups in total. The van der Waals surface area contributed by atoms with Crippen molar-refractivity contribution in [2.75, 3.05) is 13.2 Å². The predicted octanol–water partition coefficient (Wildman–Crippen LogP) is 4.04. The van der Waals surface area contributed by atoms with E-state index in [0.29, 0.717) is 12.8 Å². The van der Waals surface area contributed by atoms with Crippen molar-refractivity contribution in [3.63, 3.8) is 0 Å². The Hall–Kier alpha value is -1.14. The minimum Gasteiger partial charge on any atom is -0.444 e. The van der Waals surface area contributed by atoms with Crippen LogP contribution in [-0.2, 0) is 11.2 Å². The molecule has 6 heteroatoms. The predicted molar refractivity (Wildman–Crippen MR) is 91.9 cm³/mol. The van der Waals surface area contributed by atoms with Crippen LogP contribution >= 0.6 is 15.9 Å². The minimum atomic E-state index is -0.580. The molecule has 0 aliphatic heterocycles. The van der Waals surface area contributed by atoms with Crippen LogP contribution in [-0.4, -0.2) is 30.0 Å². The van der Waals surface area contributed by atoms with Crippen molar-refractivity contribution in [2.24, 2.45) is 5.41 Å². The Morgan fingerprint density at radius 3 is 2.57 bits per heavy atom. The van der Waals surface area contributed by atoms with E-state index in [1.54, 1.807) is 26.8 Å². The summed E-state index contributed by atoms with van der Waals surface area (Å²) in [6, 6.07) is 4.46. The van der Waals surface area contributed by atoms with E-state index in [0.717, 1.165) is 10.0 Å². The maximum absolute atomic E-state index is 13.5. The highest BCUT2D eigenvalue weighted by Gasteiger charge is 2.30. The Balaban J connectivity index is 2.82. The summed E-state index contributed by atoms with van der Waals surface area (Å²) in [5, 5.41) is 12.5. The van der Waals surface area contributed by atoms with Gasteiger partial charge in [0.15, 0.2) is 0 Å². The van der Waals surface area contributed by atoms with Gasteiger partial charge >= 0.3 is 6.09 Å². The molecule has 0 bridgehead atoms. The molecule has 1 unspecified atom stereocenters. The minimum absolute atomic E-state index is 0.123. The summed E-state index contributed by atoms with van der Waals surface area (Å²) < 4.78 is 19.5. The van der Waals surface area contributed by atoms with Gasteiger partial charge in [-0.05, 0) is 57.4 Å². The highest BCUT2D eigenvalue weighted by atomic mass is 79.9. The molecule has 0 spiro atoms. The van der Waals surface area contributed by atoms with Gasteiger partial charge in [0, 0.05) is 16.4 Å². The molecule has 0 saturated carbocycles. The fourth-order valence-corrected chi connectivity index (χ4v) is 2.58. The van der Waals surface area contributed by atoms with Crippen molar-refractivity contribution in [3.05, 3.63) is 34.1 Å². The Bertz CT molecular complexity index is 539. The zero-order chi connectivity index (χ0) is 17.7. The number of aliphatic hydroxyl groups excluding tert-OH is 1. The molecular formula is C17H25BrFNO3. The smallest absolute Gasteiger partial charge is 0.407 e. The molecule has 1 aromatic rings. The van der Waals surface area contributed by atoms with Crippen molar-refractivity contribution < 1.29 is 19.0 Å². The van der Waals surface area contributed by atoms with Crippen LogP contribution in [0.1, 0.15) is 39.7 Å². The maximum Gasteiger partial charge on any atom is 0.407 e. The van der Waals surface area contributed by atoms with Gasteiger partial charge in [-0.2, -0.15) is 0 Å². The third-order valence-electron chi connectivity index (χ3n) is 3.67. The SMILES string of the molecule is CCC(CO)(CNC(=O)OC(C)(C)C)Cc1cc(F)ccc1Br. The first-order valence-corrected chi connectivity index (χ1v) is 8.42. The van der Waals surface area contributed by atoms with E-state index in [2.05, 4.69) is 21.2 Å². The van der Waals surface area contributed by atoms with Gasteiger partial charge in [-0.3, -0.25) is 0 Å². The summed E-state index contributed by atoms with van der Waals surface area (Å²) in [4.78, 5) is 11.8. The van der Waals surface area contributed by atoms with Crippen molar-refractivity contribution in [1.82, 2.24) is 5.32 Å². The summed E-state index contributed by atoms with van der Waals surface area (Å²) in [7, 11) is 0. The second-order valence-electron chi connectivity index (χ2n) is 6.78. The summed E-state index contributed by atoms with van der Waals surface area (Å²) in [5.74, 6) is -0.328. The van der Waals surface area contributed by atoms with Crippen LogP contribution in [0.15, 0.2) is 22.7 Å². The van der Waals surface area contributed by atoms with E-state index in [1.807, 2.05) is 6.92 Å². The van der Waals surface area contributed by atoms with Crippen LogP contribution in [0.3, 0.4) is 0 Å². The lowest BCUT2D eigenvalue weighted by Gasteiger charge is -2.32. The molecular weight excluding hydrogens is 365 g/mol. The van der Waals surface area contributed by atoms with E-state index in [-0.39, 0.29) is 19.0 Å². The third kappa shape index (κ3) is 6.47. The molecule has 1 amide bonds. The number of carbonyl (C=O) groups is 1. The number of nitrogens with one attached hydrogen (secondary N) is 1. The topological polar surface area (TPSA) is 58.6 Å². The van der Waals surface area contributed by atoms with Crippen molar-refractivity contribution >= 4 is 22.0 Å². The van der Waals surface area contributed by atoms with Gasteiger partial charge < -0.3 is 15.2 Å². The maximum atomic E-state index is 13.5. The van der Waals surface area contributed by atoms with Crippen LogP contribution < -0.4 is 5.32 Å². The van der Waals surface area contributed by atoms with E-state index >= 15 is 0 Å². The zero-order valence-corrected chi connectivity index (χ0v) is 15.7. The first kappa shape index (κ1) is 19.9. The standard InChI is InChI=1S/C17H25BrFNO3/c1-5-17(11-21,10-20-15(22)23-16(2,3)4)9-12-8-13(19)6-7-14(12)18/h6-8,21H,5,9-11H2,1-4H3,(H,20,22). The molecule has 0 aromatic heterocycles. The Morgan fingerprint density at radius 2 is 2.04 bits per heavy atom. The fourth-order valence-electron chi connectivity index (χ4n) is 2.19. The van der Waals surface area contributed by atoms with Gasteiger partial charge in [0.25, 0.3) is 0 Å². The van der Waals surface area contributed by atoms with E-state index in [4.69, 9.17) is 4.74 Å². The molecule has 0 fully saturated rings. The van der Waals surface area contributed by atoms with Crippen LogP contribution in [0, 0.1) is 11.2 Å². The molecule has 130 valence electrons. The molecule has 1 aromatic carbocycles. The summed E-state index contributed by atoms with van der Waals surface area (Å²) in [6.45, 7) is 7.42. The number of aliphatic hydroxyl groups is 1. The average Bonchev–Trinajstić information content (AvgIpc) is 2.45. The molecule has 0 aliphatic rings. The van der Waals surface area contributed by atoms with Crippen LogP contribution in [0.25, 0.3) is 0 Å². The van der Waals surface area contributed by atoms with E-state index < -0.39 is 17.1 Å². The Morgan fingerprint density at radius 1 is 1.39 bits per heavy atom. The number of halogens is 2. The molecule has 1 atom stereocenters. The molecule has 0 saturated heterocycles. The highest BCUT2D eigenvalue weighted by Crippen LogP contribution is 2.30. The first-order valence-electron chi connectivity index (χ1n) is 7.62. The van der Waals surface area contributed by atoms with Gasteiger partial charge in [0.2, 0.25) is 0 Å². The summed E-state index contributed by atoms with van der Waals surface area (Å²) in [6.07, 6.45) is 0.540. The number of ether oxygens (including phenoxy) is 1. The van der Waals surface area contributed by atoms with Gasteiger partial charge in [0.05, 0.1) is 6.61 Å². The first-order chi connectivity index (χ1) is 10.6. The van der Waals surface area contributed by atoms with Gasteiger partial charge in [-0.25, -0.2) is 9.18 Å². The van der Waals surface area contributed by atoms with Crippen LogP contribution in [0.5, 0.6) is 0 Å². The van der Waals surface area contributed by atoms with Gasteiger partial charge in [0.1, 0.15) is 11.4 Å². The number of rotatable bonds is 6. The highest BCUT2D eigenvalue weighted by molar-refractivity contribution is 9.10. The van der Waals surface area contributed by atoms with Gasteiger partial charge in [-0.1, -0.05) is 22.9 Å². The van der Waals surface area contributed by atoms with Crippen molar-refractivity contribution in [2.45, 2.75) is 46.1 Å². The molecule has 0 radical (unpaired) electrons. The lowest BCUT2D eigenvalue weighted by Crippen LogP contribution is -2.43. The van der Waals surface area contributed by atoms with Crippen molar-refractivity contribution in [1.29, 1.82) is 0 Å². The molecule has 4 nitrogen and oxygen atoms in total. The van der Waals surface area contributed by atoms with Gasteiger partial charge in [-0.15, -0.1) is 0 Å². The number of carbonyl (C=O) groups excluding carboxylic acids is 1. The normalized spacial score (nSPS) is 14.2. The van der Waals surface area contributed by atoms with Crippen LogP contribution in [0.2, 0.25) is 0 Å². The van der Waals surface area contributed by atoms with E-state index in [9.17, 15) is 14.3 Å². The quantitative estimate of drug-likeness (QED) is 0.771. The molecule has 0 aliphatic carbocycles. The lowest BCUT2D eigenvalue weighted by molar-refractivity contribution is 0.0461. The van der Waals surface area contributed by atoms with Crippen molar-refractivity contribution in [3.8, 4) is 0 Å². The molecule has 1 rings (SSSR count). The fraction of sp³-hybridized carbons (Fsp3) is 0.588. The largest absolute Gasteiger partial charge is 0.444 e. The summed E-state index contributed by atoms with van der Waals surface area (Å²) in [5.41, 5.74) is -0.399. The zero-order valence-electron chi connectivity index (χ0n) is 14.1. The monoisotopic (exact) mass is 389 g/mol. The Labute approximate surface area is 145 Å². The third-order valence-corrected chi connectivity index (χ3v) is 4.44. The number of alkyl carbamates (subject to hydrolysis) is 1.